The molecule has 1 N–H and O–H groups in total. The van der Waals surface area contributed by atoms with Crippen LogP contribution in [0, 0.1) is 0 Å². The molecule has 0 amide bonds. The van der Waals surface area contributed by atoms with Crippen molar-refractivity contribution in [2.75, 3.05) is 13.7 Å². The molecule has 1 heterocycles. The summed E-state index contributed by atoms with van der Waals surface area (Å²) in [5.41, 5.74) is 3.69. The molecule has 2 aromatic carbocycles. The molecule has 3 rings (SSSR count). The number of carbonyl (C=O) groups excluding carboxylic acids is 1. The van der Waals surface area contributed by atoms with Crippen LogP contribution in [-0.4, -0.2) is 31.9 Å². The average Bonchev–Trinajstić information content (AvgIpc) is 2.73. The standard InChI is InChI=1S/C23H27NO4/c1-17-22(23(25)26-2)21(24-14-18-9-5-3-6-10-18)13-20(28-17)16-27-15-19-11-7-4-8-12-19/h3-12,17,20,24H,13-16H2,1-2H3/t17-,20-/m0/s1. The van der Waals surface area contributed by atoms with Gasteiger partial charge in [-0.3, -0.25) is 0 Å². The van der Waals surface area contributed by atoms with Crippen molar-refractivity contribution in [2.45, 2.75) is 38.7 Å². The Balaban J connectivity index is 1.64. The zero-order valence-corrected chi connectivity index (χ0v) is 16.4. The molecule has 0 bridgehead atoms. The second-order valence-corrected chi connectivity index (χ2v) is 6.83. The van der Waals surface area contributed by atoms with Gasteiger partial charge in [-0.1, -0.05) is 60.7 Å². The van der Waals surface area contributed by atoms with Gasteiger partial charge in [-0.25, -0.2) is 4.79 Å². The van der Waals surface area contributed by atoms with Crippen LogP contribution < -0.4 is 5.32 Å². The first-order valence-electron chi connectivity index (χ1n) is 9.53. The summed E-state index contributed by atoms with van der Waals surface area (Å²) in [7, 11) is 1.39. The summed E-state index contributed by atoms with van der Waals surface area (Å²) >= 11 is 0. The van der Waals surface area contributed by atoms with Gasteiger partial charge < -0.3 is 19.5 Å². The van der Waals surface area contributed by atoms with E-state index in [9.17, 15) is 4.79 Å². The van der Waals surface area contributed by atoms with Crippen molar-refractivity contribution < 1.29 is 19.0 Å². The number of methoxy groups -OCH3 is 1. The minimum absolute atomic E-state index is 0.120. The van der Waals surface area contributed by atoms with Crippen LogP contribution in [0.1, 0.15) is 24.5 Å². The molecule has 0 radical (unpaired) electrons. The van der Waals surface area contributed by atoms with E-state index in [-0.39, 0.29) is 18.2 Å². The van der Waals surface area contributed by atoms with Crippen molar-refractivity contribution in [3.05, 3.63) is 83.1 Å². The van der Waals surface area contributed by atoms with E-state index in [1.165, 1.54) is 7.11 Å². The van der Waals surface area contributed by atoms with Gasteiger partial charge in [-0.15, -0.1) is 0 Å². The van der Waals surface area contributed by atoms with Gasteiger partial charge in [0, 0.05) is 18.7 Å². The quantitative estimate of drug-likeness (QED) is 0.708. The SMILES string of the molecule is COC(=O)C1=C(NCc2ccccc2)C[C@@H](COCc2ccccc2)O[C@H]1C. The summed E-state index contributed by atoms with van der Waals surface area (Å²) in [6.45, 7) is 3.51. The van der Waals surface area contributed by atoms with E-state index in [0.717, 1.165) is 16.8 Å². The summed E-state index contributed by atoms with van der Waals surface area (Å²) in [6, 6.07) is 20.1. The highest BCUT2D eigenvalue weighted by Gasteiger charge is 2.32. The van der Waals surface area contributed by atoms with E-state index in [1.807, 2.05) is 55.5 Å². The van der Waals surface area contributed by atoms with Gasteiger partial charge in [-0.05, 0) is 18.1 Å². The van der Waals surface area contributed by atoms with Gasteiger partial charge in [0.15, 0.2) is 0 Å². The first-order valence-corrected chi connectivity index (χ1v) is 9.53. The molecule has 2 atom stereocenters. The molecule has 0 fully saturated rings. The van der Waals surface area contributed by atoms with Crippen LogP contribution in [0.4, 0.5) is 0 Å². The number of nitrogens with one attached hydrogen (secondary N) is 1. The first-order chi connectivity index (χ1) is 13.7. The van der Waals surface area contributed by atoms with Crippen molar-refractivity contribution in [1.29, 1.82) is 0 Å². The van der Waals surface area contributed by atoms with Crippen molar-refractivity contribution in [2.24, 2.45) is 0 Å². The smallest absolute Gasteiger partial charge is 0.338 e. The van der Waals surface area contributed by atoms with Crippen LogP contribution in [0.3, 0.4) is 0 Å². The fourth-order valence-electron chi connectivity index (χ4n) is 3.34. The summed E-state index contributed by atoms with van der Waals surface area (Å²) in [6.07, 6.45) is 0.103. The molecular formula is C23H27NO4. The second kappa shape index (κ2) is 10.1. The summed E-state index contributed by atoms with van der Waals surface area (Å²) in [5, 5.41) is 3.41. The largest absolute Gasteiger partial charge is 0.466 e. The molecule has 0 unspecified atom stereocenters. The van der Waals surface area contributed by atoms with Crippen molar-refractivity contribution in [3.63, 3.8) is 0 Å². The fourth-order valence-corrected chi connectivity index (χ4v) is 3.34. The predicted molar refractivity (Wildman–Crippen MR) is 107 cm³/mol. The Hall–Kier alpha value is -2.63. The summed E-state index contributed by atoms with van der Waals surface area (Å²) in [5.74, 6) is -0.355. The number of ether oxygens (including phenoxy) is 3. The molecule has 0 saturated heterocycles. The highest BCUT2D eigenvalue weighted by atomic mass is 16.5. The highest BCUT2D eigenvalue weighted by Crippen LogP contribution is 2.26. The molecule has 0 aliphatic carbocycles. The Morgan fingerprint density at radius 1 is 1.07 bits per heavy atom. The molecule has 5 nitrogen and oxygen atoms in total. The number of rotatable bonds is 8. The lowest BCUT2D eigenvalue weighted by Gasteiger charge is -2.32. The van der Waals surface area contributed by atoms with Gasteiger partial charge >= 0.3 is 5.97 Å². The van der Waals surface area contributed by atoms with E-state index in [2.05, 4.69) is 17.4 Å². The van der Waals surface area contributed by atoms with E-state index in [0.29, 0.717) is 31.8 Å². The first kappa shape index (κ1) is 20.1. The number of esters is 1. The minimum Gasteiger partial charge on any atom is -0.466 e. The molecule has 5 heteroatoms. The number of benzene rings is 2. The number of hydrogen-bond acceptors (Lipinski definition) is 5. The van der Waals surface area contributed by atoms with E-state index < -0.39 is 0 Å². The number of carbonyl (C=O) groups is 1. The lowest BCUT2D eigenvalue weighted by atomic mass is 9.99. The third-order valence-electron chi connectivity index (χ3n) is 4.73. The minimum atomic E-state index is -0.357. The summed E-state index contributed by atoms with van der Waals surface area (Å²) < 4.78 is 16.8. The van der Waals surface area contributed by atoms with Crippen LogP contribution >= 0.6 is 0 Å². The van der Waals surface area contributed by atoms with Crippen molar-refractivity contribution in [1.82, 2.24) is 5.32 Å². The zero-order chi connectivity index (χ0) is 19.8. The van der Waals surface area contributed by atoms with Crippen LogP contribution in [0.5, 0.6) is 0 Å². The Labute approximate surface area is 166 Å². The molecule has 28 heavy (non-hydrogen) atoms. The van der Waals surface area contributed by atoms with Gasteiger partial charge in [-0.2, -0.15) is 0 Å². The normalized spacial score (nSPS) is 19.4. The Morgan fingerprint density at radius 3 is 2.36 bits per heavy atom. The molecule has 0 spiro atoms. The van der Waals surface area contributed by atoms with Crippen LogP contribution in [0.2, 0.25) is 0 Å². The fraction of sp³-hybridized carbons (Fsp3) is 0.348. The average molecular weight is 381 g/mol. The second-order valence-electron chi connectivity index (χ2n) is 6.83. The molecular weight excluding hydrogens is 354 g/mol. The third-order valence-corrected chi connectivity index (χ3v) is 4.73. The maximum Gasteiger partial charge on any atom is 0.338 e. The van der Waals surface area contributed by atoms with Gasteiger partial charge in [0.25, 0.3) is 0 Å². The highest BCUT2D eigenvalue weighted by molar-refractivity contribution is 5.90. The van der Waals surface area contributed by atoms with Crippen molar-refractivity contribution >= 4 is 5.97 Å². The maximum atomic E-state index is 12.3. The van der Waals surface area contributed by atoms with Gasteiger partial charge in [0.1, 0.15) is 0 Å². The molecule has 148 valence electrons. The lowest BCUT2D eigenvalue weighted by Crippen LogP contribution is -2.38. The van der Waals surface area contributed by atoms with E-state index in [1.54, 1.807) is 0 Å². The molecule has 0 saturated carbocycles. The Kier molecular flexibility index (Phi) is 7.23. The predicted octanol–water partition coefficient (Wildman–Crippen LogP) is 3.60. The summed E-state index contributed by atoms with van der Waals surface area (Å²) in [4.78, 5) is 12.3. The van der Waals surface area contributed by atoms with Gasteiger partial charge in [0.2, 0.25) is 0 Å². The topological polar surface area (TPSA) is 56.8 Å². The monoisotopic (exact) mass is 381 g/mol. The zero-order valence-electron chi connectivity index (χ0n) is 16.4. The molecule has 0 aromatic heterocycles. The third kappa shape index (κ3) is 5.44. The van der Waals surface area contributed by atoms with Crippen LogP contribution in [0.15, 0.2) is 71.9 Å². The molecule has 1 aliphatic rings. The molecule has 2 aromatic rings. The van der Waals surface area contributed by atoms with Crippen molar-refractivity contribution in [3.8, 4) is 0 Å². The van der Waals surface area contributed by atoms with Crippen LogP contribution in [0.25, 0.3) is 0 Å². The van der Waals surface area contributed by atoms with E-state index in [4.69, 9.17) is 14.2 Å². The van der Waals surface area contributed by atoms with Gasteiger partial charge in [0.05, 0.1) is 38.1 Å². The Bertz CT molecular complexity index is 789. The van der Waals surface area contributed by atoms with Crippen LogP contribution in [-0.2, 0) is 32.2 Å². The maximum absolute atomic E-state index is 12.3. The molecule has 1 aliphatic heterocycles. The Morgan fingerprint density at radius 2 is 1.71 bits per heavy atom. The number of hydrogen-bond donors (Lipinski definition) is 1. The van der Waals surface area contributed by atoms with E-state index >= 15 is 0 Å². The lowest BCUT2D eigenvalue weighted by molar-refractivity contribution is -0.139.